The highest BCUT2D eigenvalue weighted by Gasteiger charge is 2.18. The van der Waals surface area contributed by atoms with E-state index in [0.29, 0.717) is 13.2 Å². The van der Waals surface area contributed by atoms with E-state index in [4.69, 9.17) is 4.74 Å². The van der Waals surface area contributed by atoms with E-state index in [9.17, 15) is 4.79 Å². The number of piperidine rings is 1. The molecule has 0 aromatic carbocycles. The van der Waals surface area contributed by atoms with Gasteiger partial charge in [-0.1, -0.05) is 6.92 Å². The van der Waals surface area contributed by atoms with Crippen LogP contribution < -0.4 is 0 Å². The van der Waals surface area contributed by atoms with Gasteiger partial charge in [-0.2, -0.15) is 0 Å². The number of ether oxygens (including phenoxy) is 1. The molecule has 0 saturated carbocycles. The Hall–Kier alpha value is -0.570. The minimum atomic E-state index is -0.0865. The molecular weight excluding hydrogens is 166 g/mol. The van der Waals surface area contributed by atoms with Crippen molar-refractivity contribution in [3.63, 3.8) is 0 Å². The second kappa shape index (κ2) is 5.22. The molecule has 3 heteroatoms. The van der Waals surface area contributed by atoms with Crippen LogP contribution in [0.15, 0.2) is 0 Å². The molecule has 1 atom stereocenters. The summed E-state index contributed by atoms with van der Waals surface area (Å²) in [5, 5.41) is 0. The lowest BCUT2D eigenvalue weighted by atomic mass is 10.0. The van der Waals surface area contributed by atoms with Crippen LogP contribution in [0, 0.1) is 5.92 Å². The van der Waals surface area contributed by atoms with Crippen LogP contribution in [0.1, 0.15) is 26.7 Å². The van der Waals surface area contributed by atoms with Crippen molar-refractivity contribution < 1.29 is 9.53 Å². The van der Waals surface area contributed by atoms with Gasteiger partial charge in [0.2, 0.25) is 0 Å². The van der Waals surface area contributed by atoms with Crippen LogP contribution in [-0.2, 0) is 9.53 Å². The molecular formula is C10H19NO2. The predicted octanol–water partition coefficient (Wildman–Crippen LogP) is 1.28. The van der Waals surface area contributed by atoms with Crippen LogP contribution in [0.4, 0.5) is 0 Å². The zero-order valence-corrected chi connectivity index (χ0v) is 8.58. The molecule has 0 N–H and O–H groups in total. The van der Waals surface area contributed by atoms with Crippen molar-refractivity contribution in [2.45, 2.75) is 26.7 Å². The molecule has 1 fully saturated rings. The largest absolute Gasteiger partial charge is 0.465 e. The molecule has 0 unspecified atom stereocenters. The molecule has 0 aliphatic carbocycles. The summed E-state index contributed by atoms with van der Waals surface area (Å²) in [5.74, 6) is 0.639. The highest BCUT2D eigenvalue weighted by Crippen LogP contribution is 2.14. The first-order valence-electron chi connectivity index (χ1n) is 5.10. The standard InChI is InChI=1S/C10H19NO2/c1-3-13-10(12)8-11-6-4-5-9(2)7-11/h9H,3-8H2,1-2H3/t9-/m0/s1. The zero-order valence-electron chi connectivity index (χ0n) is 8.58. The van der Waals surface area contributed by atoms with Crippen LogP contribution in [0.5, 0.6) is 0 Å². The van der Waals surface area contributed by atoms with Gasteiger partial charge in [0.05, 0.1) is 13.2 Å². The fourth-order valence-electron chi connectivity index (χ4n) is 1.82. The summed E-state index contributed by atoms with van der Waals surface area (Å²) in [6.07, 6.45) is 2.50. The van der Waals surface area contributed by atoms with Crippen molar-refractivity contribution in [2.75, 3.05) is 26.2 Å². The molecule has 1 heterocycles. The fourth-order valence-corrected chi connectivity index (χ4v) is 1.82. The molecule has 0 spiro atoms. The molecule has 0 radical (unpaired) electrons. The molecule has 1 rings (SSSR count). The van der Waals surface area contributed by atoms with Crippen molar-refractivity contribution in [3.8, 4) is 0 Å². The van der Waals surface area contributed by atoms with Gasteiger partial charge in [0.25, 0.3) is 0 Å². The monoisotopic (exact) mass is 185 g/mol. The Balaban J connectivity index is 2.23. The normalized spacial score (nSPS) is 24.3. The summed E-state index contributed by atoms with van der Waals surface area (Å²) >= 11 is 0. The molecule has 1 aliphatic heterocycles. The molecule has 0 amide bonds. The SMILES string of the molecule is CCOC(=O)CN1CCC[C@H](C)C1. The molecule has 76 valence electrons. The van der Waals surface area contributed by atoms with Gasteiger partial charge in [0.15, 0.2) is 0 Å². The average molecular weight is 185 g/mol. The minimum Gasteiger partial charge on any atom is -0.465 e. The number of hydrogen-bond acceptors (Lipinski definition) is 3. The number of rotatable bonds is 3. The lowest BCUT2D eigenvalue weighted by molar-refractivity contribution is -0.144. The smallest absolute Gasteiger partial charge is 0.320 e. The maximum absolute atomic E-state index is 11.2. The number of carbonyl (C=O) groups is 1. The van der Waals surface area contributed by atoms with Gasteiger partial charge in [-0.3, -0.25) is 9.69 Å². The van der Waals surface area contributed by atoms with Gasteiger partial charge < -0.3 is 4.74 Å². The third-order valence-electron chi connectivity index (χ3n) is 2.40. The molecule has 0 aromatic rings. The van der Waals surface area contributed by atoms with E-state index in [-0.39, 0.29) is 5.97 Å². The van der Waals surface area contributed by atoms with Crippen molar-refractivity contribution in [2.24, 2.45) is 5.92 Å². The Morgan fingerprint density at radius 3 is 3.00 bits per heavy atom. The molecule has 0 aromatic heterocycles. The first kappa shape index (κ1) is 10.5. The van der Waals surface area contributed by atoms with Crippen molar-refractivity contribution in [1.29, 1.82) is 0 Å². The Morgan fingerprint density at radius 1 is 1.62 bits per heavy atom. The lowest BCUT2D eigenvalue weighted by Gasteiger charge is -2.29. The maximum Gasteiger partial charge on any atom is 0.320 e. The topological polar surface area (TPSA) is 29.5 Å². The lowest BCUT2D eigenvalue weighted by Crippen LogP contribution is -2.38. The van der Waals surface area contributed by atoms with Gasteiger partial charge >= 0.3 is 5.97 Å². The molecule has 13 heavy (non-hydrogen) atoms. The second-order valence-electron chi connectivity index (χ2n) is 3.79. The minimum absolute atomic E-state index is 0.0865. The summed E-state index contributed by atoms with van der Waals surface area (Å²) in [6.45, 7) is 7.12. The summed E-state index contributed by atoms with van der Waals surface area (Å²) in [6, 6.07) is 0. The summed E-state index contributed by atoms with van der Waals surface area (Å²) in [5.41, 5.74) is 0. The van der Waals surface area contributed by atoms with Gasteiger partial charge in [-0.25, -0.2) is 0 Å². The Bertz CT molecular complexity index is 170. The first-order valence-corrected chi connectivity index (χ1v) is 5.10. The van der Waals surface area contributed by atoms with Crippen LogP contribution >= 0.6 is 0 Å². The van der Waals surface area contributed by atoms with Crippen LogP contribution in [0.2, 0.25) is 0 Å². The number of likely N-dealkylation sites (tertiary alicyclic amines) is 1. The van der Waals surface area contributed by atoms with Crippen LogP contribution in [0.3, 0.4) is 0 Å². The fraction of sp³-hybridized carbons (Fsp3) is 0.900. The van der Waals surface area contributed by atoms with E-state index in [2.05, 4.69) is 11.8 Å². The van der Waals surface area contributed by atoms with Crippen molar-refractivity contribution in [3.05, 3.63) is 0 Å². The Labute approximate surface area is 80.1 Å². The zero-order chi connectivity index (χ0) is 9.68. The summed E-state index contributed by atoms with van der Waals surface area (Å²) < 4.78 is 4.90. The summed E-state index contributed by atoms with van der Waals surface area (Å²) in [7, 11) is 0. The average Bonchev–Trinajstić information content (AvgIpc) is 2.04. The van der Waals surface area contributed by atoms with E-state index in [0.717, 1.165) is 19.0 Å². The third-order valence-corrected chi connectivity index (χ3v) is 2.40. The van der Waals surface area contributed by atoms with E-state index >= 15 is 0 Å². The highest BCUT2D eigenvalue weighted by atomic mass is 16.5. The Morgan fingerprint density at radius 2 is 2.38 bits per heavy atom. The predicted molar refractivity (Wildman–Crippen MR) is 51.5 cm³/mol. The van der Waals surface area contributed by atoms with Gasteiger partial charge in [0, 0.05) is 6.54 Å². The van der Waals surface area contributed by atoms with Crippen molar-refractivity contribution >= 4 is 5.97 Å². The third kappa shape index (κ3) is 3.77. The number of esters is 1. The first-order chi connectivity index (χ1) is 6.22. The maximum atomic E-state index is 11.2. The van der Waals surface area contributed by atoms with E-state index in [1.54, 1.807) is 0 Å². The van der Waals surface area contributed by atoms with Gasteiger partial charge in [0.1, 0.15) is 0 Å². The highest BCUT2D eigenvalue weighted by molar-refractivity contribution is 5.71. The Kier molecular flexibility index (Phi) is 4.22. The second-order valence-corrected chi connectivity index (χ2v) is 3.79. The molecule has 1 saturated heterocycles. The summed E-state index contributed by atoms with van der Waals surface area (Å²) in [4.78, 5) is 13.3. The molecule has 3 nitrogen and oxygen atoms in total. The van der Waals surface area contributed by atoms with Gasteiger partial charge in [-0.05, 0) is 32.2 Å². The van der Waals surface area contributed by atoms with Gasteiger partial charge in [-0.15, -0.1) is 0 Å². The van der Waals surface area contributed by atoms with Crippen LogP contribution in [0.25, 0.3) is 0 Å². The van der Waals surface area contributed by atoms with E-state index < -0.39 is 0 Å². The van der Waals surface area contributed by atoms with Crippen LogP contribution in [-0.4, -0.2) is 37.1 Å². The quantitative estimate of drug-likeness (QED) is 0.620. The molecule has 0 bridgehead atoms. The number of nitrogens with zero attached hydrogens (tertiary/aromatic N) is 1. The van der Waals surface area contributed by atoms with Crippen molar-refractivity contribution in [1.82, 2.24) is 4.90 Å². The number of hydrogen-bond donors (Lipinski definition) is 0. The molecule has 1 aliphatic rings. The number of carbonyl (C=O) groups excluding carboxylic acids is 1. The van der Waals surface area contributed by atoms with E-state index in [1.807, 2.05) is 6.92 Å². The van der Waals surface area contributed by atoms with E-state index in [1.165, 1.54) is 12.8 Å².